The molecule has 90 valence electrons. The van der Waals surface area contributed by atoms with Gasteiger partial charge in [0.1, 0.15) is 6.04 Å². The fourth-order valence-electron chi connectivity index (χ4n) is 1.34. The van der Waals surface area contributed by atoms with Crippen LogP contribution in [0.1, 0.15) is 18.1 Å². The first-order chi connectivity index (χ1) is 7.95. The van der Waals surface area contributed by atoms with Gasteiger partial charge in [-0.2, -0.15) is 5.26 Å². The van der Waals surface area contributed by atoms with Gasteiger partial charge in [-0.15, -0.1) is 0 Å². The van der Waals surface area contributed by atoms with Gasteiger partial charge in [0.15, 0.2) is 0 Å². The third kappa shape index (κ3) is 3.45. The zero-order valence-corrected chi connectivity index (χ0v) is 10.4. The van der Waals surface area contributed by atoms with Crippen molar-refractivity contribution in [3.05, 3.63) is 34.3 Å². The Kier molecular flexibility index (Phi) is 4.50. The van der Waals surface area contributed by atoms with Crippen molar-refractivity contribution in [3.63, 3.8) is 0 Å². The summed E-state index contributed by atoms with van der Waals surface area (Å²) >= 11 is 6.01. The van der Waals surface area contributed by atoms with E-state index in [0.29, 0.717) is 17.1 Å². The molecule has 1 rings (SSSR count). The molecule has 1 aromatic rings. The van der Waals surface area contributed by atoms with Gasteiger partial charge < -0.3 is 5.11 Å². The molecular weight excluding hydrogens is 240 g/mol. The van der Waals surface area contributed by atoms with Gasteiger partial charge >= 0.3 is 5.97 Å². The average molecular weight is 253 g/mol. The van der Waals surface area contributed by atoms with Crippen molar-refractivity contribution in [3.8, 4) is 6.07 Å². The molecule has 1 unspecified atom stereocenters. The molecule has 0 fully saturated rings. The van der Waals surface area contributed by atoms with Crippen molar-refractivity contribution in [2.45, 2.75) is 19.5 Å². The minimum absolute atomic E-state index is 0.429. The van der Waals surface area contributed by atoms with Gasteiger partial charge in [-0.25, -0.2) is 0 Å². The first-order valence-electron chi connectivity index (χ1n) is 5.07. The second-order valence-electron chi connectivity index (χ2n) is 3.85. The predicted octanol–water partition coefficient (Wildman–Crippen LogP) is 2.12. The highest BCUT2D eigenvalue weighted by Crippen LogP contribution is 2.19. The third-order valence-corrected chi connectivity index (χ3v) is 2.97. The van der Waals surface area contributed by atoms with Crippen molar-refractivity contribution >= 4 is 17.6 Å². The number of carboxylic acids is 1. The topological polar surface area (TPSA) is 64.3 Å². The number of likely N-dealkylation sites (N-methyl/N-ethyl adjacent to an activating group) is 1. The Bertz CT molecular complexity index is 468. The van der Waals surface area contributed by atoms with Crippen LogP contribution in [0.3, 0.4) is 0 Å². The molecule has 0 amide bonds. The van der Waals surface area contributed by atoms with E-state index >= 15 is 0 Å². The average Bonchev–Trinajstić information content (AvgIpc) is 2.30. The quantitative estimate of drug-likeness (QED) is 0.892. The third-order valence-electron chi connectivity index (χ3n) is 2.62. The number of rotatable bonds is 4. The van der Waals surface area contributed by atoms with Crippen LogP contribution < -0.4 is 0 Å². The Morgan fingerprint density at radius 3 is 2.76 bits per heavy atom. The molecule has 0 spiro atoms. The second-order valence-corrected chi connectivity index (χ2v) is 4.25. The van der Waals surface area contributed by atoms with Crippen LogP contribution in [0.4, 0.5) is 0 Å². The first kappa shape index (κ1) is 13.5. The fraction of sp³-hybridized carbons (Fsp3) is 0.333. The minimum Gasteiger partial charge on any atom is -0.480 e. The molecule has 0 saturated heterocycles. The molecule has 0 bridgehead atoms. The van der Waals surface area contributed by atoms with Gasteiger partial charge in [0.25, 0.3) is 0 Å². The summed E-state index contributed by atoms with van der Waals surface area (Å²) in [4.78, 5) is 12.5. The van der Waals surface area contributed by atoms with Gasteiger partial charge in [0.2, 0.25) is 0 Å². The molecule has 0 aliphatic heterocycles. The van der Waals surface area contributed by atoms with Crippen LogP contribution in [0, 0.1) is 11.3 Å². The summed E-state index contributed by atoms with van der Waals surface area (Å²) in [6.45, 7) is 2.04. The molecule has 0 saturated carbocycles. The Hall–Kier alpha value is -1.57. The van der Waals surface area contributed by atoms with E-state index < -0.39 is 12.0 Å². The van der Waals surface area contributed by atoms with E-state index in [4.69, 9.17) is 22.0 Å². The Balaban J connectivity index is 2.82. The smallest absolute Gasteiger partial charge is 0.320 e. The highest BCUT2D eigenvalue weighted by atomic mass is 35.5. The molecule has 1 aromatic carbocycles. The molecule has 17 heavy (non-hydrogen) atoms. The molecule has 0 radical (unpaired) electrons. The Labute approximate surface area is 105 Å². The lowest BCUT2D eigenvalue weighted by Gasteiger charge is -2.21. The number of benzene rings is 1. The van der Waals surface area contributed by atoms with Crippen LogP contribution >= 0.6 is 11.6 Å². The molecule has 1 N–H and O–H groups in total. The number of hydrogen-bond acceptors (Lipinski definition) is 3. The number of nitrogens with zero attached hydrogens (tertiary/aromatic N) is 2. The molecule has 0 heterocycles. The maximum absolute atomic E-state index is 10.8. The van der Waals surface area contributed by atoms with E-state index in [1.807, 2.05) is 6.07 Å². The summed E-state index contributed by atoms with van der Waals surface area (Å²) in [5.74, 6) is -0.878. The molecular formula is C12H13ClN2O2. The number of aliphatic carboxylic acids is 1. The standard InChI is InChI=1S/C12H13ClN2O2/c1-8(12(16)17)15(2)7-10-4-3-9(6-14)5-11(10)13/h3-5,8H,7H2,1-2H3,(H,16,17). The van der Waals surface area contributed by atoms with Crippen molar-refractivity contribution in [1.29, 1.82) is 5.26 Å². The molecule has 4 nitrogen and oxygen atoms in total. The summed E-state index contributed by atoms with van der Waals surface area (Å²) in [7, 11) is 1.72. The van der Waals surface area contributed by atoms with Crippen LogP contribution in [0.2, 0.25) is 5.02 Å². The predicted molar refractivity (Wildman–Crippen MR) is 64.7 cm³/mol. The Morgan fingerprint density at radius 1 is 1.65 bits per heavy atom. The van der Waals surface area contributed by atoms with Gasteiger partial charge in [0.05, 0.1) is 11.6 Å². The van der Waals surface area contributed by atoms with E-state index in [1.54, 1.807) is 37.1 Å². The monoisotopic (exact) mass is 252 g/mol. The van der Waals surface area contributed by atoms with Crippen LogP contribution in [-0.4, -0.2) is 29.1 Å². The van der Waals surface area contributed by atoms with Gasteiger partial charge in [0, 0.05) is 11.6 Å². The lowest BCUT2D eigenvalue weighted by molar-refractivity contribution is -0.142. The molecule has 0 aromatic heterocycles. The summed E-state index contributed by atoms with van der Waals surface area (Å²) < 4.78 is 0. The number of hydrogen-bond donors (Lipinski definition) is 1. The molecule has 1 atom stereocenters. The van der Waals surface area contributed by atoms with Crippen LogP contribution in [-0.2, 0) is 11.3 Å². The molecule has 0 aliphatic carbocycles. The normalized spacial score (nSPS) is 12.2. The van der Waals surface area contributed by atoms with E-state index in [1.165, 1.54) is 0 Å². The summed E-state index contributed by atoms with van der Waals surface area (Å²) in [5.41, 5.74) is 1.30. The van der Waals surface area contributed by atoms with Gasteiger partial charge in [-0.3, -0.25) is 9.69 Å². The largest absolute Gasteiger partial charge is 0.480 e. The lowest BCUT2D eigenvalue weighted by atomic mass is 10.1. The highest BCUT2D eigenvalue weighted by molar-refractivity contribution is 6.31. The van der Waals surface area contributed by atoms with E-state index in [9.17, 15) is 4.79 Å². The number of nitriles is 1. The lowest BCUT2D eigenvalue weighted by Crippen LogP contribution is -2.35. The summed E-state index contributed by atoms with van der Waals surface area (Å²) in [5, 5.41) is 18.0. The van der Waals surface area contributed by atoms with Crippen molar-refractivity contribution in [2.24, 2.45) is 0 Å². The number of carbonyl (C=O) groups is 1. The Morgan fingerprint density at radius 2 is 2.29 bits per heavy atom. The van der Waals surface area contributed by atoms with Crippen LogP contribution in [0.5, 0.6) is 0 Å². The van der Waals surface area contributed by atoms with E-state index in [2.05, 4.69) is 0 Å². The molecule has 5 heteroatoms. The SMILES string of the molecule is CC(C(=O)O)N(C)Cc1ccc(C#N)cc1Cl. The number of halogens is 1. The summed E-state index contributed by atoms with van der Waals surface area (Å²) in [6, 6.07) is 6.40. The maximum Gasteiger partial charge on any atom is 0.320 e. The minimum atomic E-state index is -0.878. The van der Waals surface area contributed by atoms with Crippen molar-refractivity contribution in [2.75, 3.05) is 7.05 Å². The van der Waals surface area contributed by atoms with Crippen LogP contribution in [0.25, 0.3) is 0 Å². The summed E-state index contributed by atoms with van der Waals surface area (Å²) in [6.07, 6.45) is 0. The molecule has 0 aliphatic rings. The zero-order valence-electron chi connectivity index (χ0n) is 9.64. The fourth-order valence-corrected chi connectivity index (χ4v) is 1.58. The van der Waals surface area contributed by atoms with E-state index in [-0.39, 0.29) is 0 Å². The van der Waals surface area contributed by atoms with Crippen molar-refractivity contribution in [1.82, 2.24) is 4.90 Å². The number of carboxylic acid groups (broad SMARTS) is 1. The van der Waals surface area contributed by atoms with Gasteiger partial charge in [-0.1, -0.05) is 17.7 Å². The second kappa shape index (κ2) is 5.67. The maximum atomic E-state index is 10.8. The highest BCUT2D eigenvalue weighted by Gasteiger charge is 2.17. The zero-order chi connectivity index (χ0) is 13.0. The van der Waals surface area contributed by atoms with Gasteiger partial charge in [-0.05, 0) is 31.7 Å². The van der Waals surface area contributed by atoms with Crippen molar-refractivity contribution < 1.29 is 9.90 Å². The first-order valence-corrected chi connectivity index (χ1v) is 5.45. The van der Waals surface area contributed by atoms with Crippen LogP contribution in [0.15, 0.2) is 18.2 Å². The van der Waals surface area contributed by atoms with E-state index in [0.717, 1.165) is 5.56 Å².